The number of benzene rings is 2. The molecule has 32 heavy (non-hydrogen) atoms. The highest BCUT2D eigenvalue weighted by molar-refractivity contribution is 6.03. The van der Waals surface area contributed by atoms with E-state index in [1.807, 2.05) is 25.1 Å². The van der Waals surface area contributed by atoms with Gasteiger partial charge in [-0.1, -0.05) is 60.3 Å². The van der Waals surface area contributed by atoms with Crippen LogP contribution >= 0.6 is 0 Å². The average Bonchev–Trinajstić information content (AvgIpc) is 2.81. The molecule has 5 heteroatoms. The number of morpholine rings is 1. The summed E-state index contributed by atoms with van der Waals surface area (Å²) in [6.07, 6.45) is 5.84. The zero-order chi connectivity index (χ0) is 22.9. The van der Waals surface area contributed by atoms with Crippen LogP contribution in [0.4, 0.5) is 5.69 Å². The van der Waals surface area contributed by atoms with Crippen LogP contribution in [0.1, 0.15) is 36.0 Å². The summed E-state index contributed by atoms with van der Waals surface area (Å²) in [6, 6.07) is 17.1. The molecule has 0 aliphatic carbocycles. The second-order valence-electron chi connectivity index (χ2n) is 8.10. The Hall–Kier alpha value is -3.31. The molecule has 2 aromatic rings. The molecule has 0 spiro atoms. The minimum atomic E-state index is 0.0283. The van der Waals surface area contributed by atoms with Crippen molar-refractivity contribution in [3.8, 4) is 0 Å². The lowest BCUT2D eigenvalue weighted by Crippen LogP contribution is -2.36. The molecule has 1 aliphatic heterocycles. The molecular formula is C27H33N3O2. The monoisotopic (exact) mass is 431 g/mol. The van der Waals surface area contributed by atoms with Gasteiger partial charge in [-0.15, -0.1) is 0 Å². The van der Waals surface area contributed by atoms with Gasteiger partial charge in [-0.2, -0.15) is 0 Å². The van der Waals surface area contributed by atoms with Crippen molar-refractivity contribution in [2.75, 3.05) is 31.2 Å². The molecule has 1 heterocycles. The Labute approximate surface area is 191 Å². The van der Waals surface area contributed by atoms with E-state index in [-0.39, 0.29) is 5.92 Å². The van der Waals surface area contributed by atoms with E-state index in [4.69, 9.17) is 10.5 Å². The molecule has 3 N–H and O–H groups in total. The van der Waals surface area contributed by atoms with Gasteiger partial charge in [-0.3, -0.25) is 0 Å². The maximum absolute atomic E-state index is 9.89. The molecule has 0 aromatic heterocycles. The summed E-state index contributed by atoms with van der Waals surface area (Å²) in [5.74, 6) is 0.0283. The lowest BCUT2D eigenvalue weighted by molar-refractivity contribution is 0.122. The summed E-state index contributed by atoms with van der Waals surface area (Å²) in [5.41, 5.74) is 12.7. The van der Waals surface area contributed by atoms with Gasteiger partial charge in [0.25, 0.3) is 0 Å². The highest BCUT2D eigenvalue weighted by Crippen LogP contribution is 2.33. The Bertz CT molecular complexity index is 996. The van der Waals surface area contributed by atoms with Gasteiger partial charge in [0.05, 0.1) is 18.9 Å². The number of hydrogen-bond acceptors (Lipinski definition) is 5. The highest BCUT2D eigenvalue weighted by Gasteiger charge is 2.21. The fraction of sp³-hybridized carbons (Fsp3) is 0.296. The zero-order valence-electron chi connectivity index (χ0n) is 19.0. The second kappa shape index (κ2) is 11.3. The Morgan fingerprint density at radius 2 is 1.88 bits per heavy atom. The topological polar surface area (TPSA) is 71.1 Å². The molecule has 0 saturated carbocycles. The first kappa shape index (κ1) is 23.4. The molecule has 0 amide bonds. The summed E-state index contributed by atoms with van der Waals surface area (Å²) < 4.78 is 5.48. The van der Waals surface area contributed by atoms with E-state index in [9.17, 15) is 5.21 Å². The van der Waals surface area contributed by atoms with Gasteiger partial charge in [0.1, 0.15) is 0 Å². The third-order valence-corrected chi connectivity index (χ3v) is 5.77. The summed E-state index contributed by atoms with van der Waals surface area (Å²) in [4.78, 5) is 2.34. The predicted octanol–water partition coefficient (Wildman–Crippen LogP) is 5.16. The van der Waals surface area contributed by atoms with Gasteiger partial charge in [0, 0.05) is 42.4 Å². The Morgan fingerprint density at radius 1 is 1.19 bits per heavy atom. The van der Waals surface area contributed by atoms with E-state index in [1.54, 1.807) is 6.08 Å². The number of allylic oxidation sites excluding steroid dienone is 5. The number of rotatable bonds is 8. The number of hydrogen-bond donors (Lipinski definition) is 2. The Morgan fingerprint density at radius 3 is 2.47 bits per heavy atom. The molecular weight excluding hydrogens is 398 g/mol. The van der Waals surface area contributed by atoms with E-state index in [0.717, 1.165) is 31.9 Å². The van der Waals surface area contributed by atoms with Crippen molar-refractivity contribution < 1.29 is 9.94 Å². The van der Waals surface area contributed by atoms with Crippen LogP contribution in [0.5, 0.6) is 0 Å². The second-order valence-corrected chi connectivity index (χ2v) is 8.10. The molecule has 0 radical (unpaired) electrons. The van der Waals surface area contributed by atoms with Crippen molar-refractivity contribution in [2.45, 2.75) is 26.2 Å². The lowest BCUT2D eigenvalue weighted by Gasteiger charge is -2.29. The smallest absolute Gasteiger partial charge is 0.0877 e. The van der Waals surface area contributed by atoms with Gasteiger partial charge >= 0.3 is 0 Å². The number of anilines is 1. The Balaban J connectivity index is 1.97. The number of nitrogens with two attached hydrogens (primary N) is 1. The fourth-order valence-electron chi connectivity index (χ4n) is 4.13. The average molecular weight is 432 g/mol. The minimum absolute atomic E-state index is 0.0283. The minimum Gasteiger partial charge on any atom is -0.411 e. The van der Waals surface area contributed by atoms with E-state index in [1.165, 1.54) is 22.4 Å². The molecule has 0 bridgehead atoms. The van der Waals surface area contributed by atoms with Crippen LogP contribution < -0.4 is 10.6 Å². The van der Waals surface area contributed by atoms with E-state index < -0.39 is 0 Å². The third-order valence-electron chi connectivity index (χ3n) is 5.77. The summed E-state index contributed by atoms with van der Waals surface area (Å²) in [7, 11) is 0. The molecule has 1 aliphatic rings. The van der Waals surface area contributed by atoms with Crippen LogP contribution in [0.25, 0.3) is 0 Å². The molecule has 2 aromatic carbocycles. The van der Waals surface area contributed by atoms with Gasteiger partial charge in [-0.05, 0) is 48.7 Å². The van der Waals surface area contributed by atoms with Crippen LogP contribution in [0.15, 0.2) is 89.8 Å². The SMILES string of the molecule is C=C/C=C(\C=C(\C)N)C(/C[C@H](c1ccc(N2CCOCC2)cc1)c1ccccc1C)=N/O. The fourth-order valence-corrected chi connectivity index (χ4v) is 4.13. The molecule has 168 valence electrons. The van der Waals surface area contributed by atoms with Crippen molar-refractivity contribution >= 4 is 11.4 Å². The van der Waals surface area contributed by atoms with Crippen molar-refractivity contribution in [2.24, 2.45) is 10.9 Å². The van der Waals surface area contributed by atoms with Crippen LogP contribution in [0.3, 0.4) is 0 Å². The molecule has 0 unspecified atom stereocenters. The first-order valence-corrected chi connectivity index (χ1v) is 11.0. The van der Waals surface area contributed by atoms with Crippen LogP contribution in [-0.4, -0.2) is 37.2 Å². The maximum Gasteiger partial charge on any atom is 0.0877 e. The third kappa shape index (κ3) is 5.89. The zero-order valence-corrected chi connectivity index (χ0v) is 19.0. The quantitative estimate of drug-likeness (QED) is 0.262. The maximum atomic E-state index is 9.89. The summed E-state index contributed by atoms with van der Waals surface area (Å²) >= 11 is 0. The largest absolute Gasteiger partial charge is 0.411 e. The first-order chi connectivity index (χ1) is 15.5. The van der Waals surface area contributed by atoms with Crippen molar-refractivity contribution in [3.63, 3.8) is 0 Å². The van der Waals surface area contributed by atoms with Crippen molar-refractivity contribution in [3.05, 3.63) is 101 Å². The normalized spacial score (nSPS) is 16.7. The number of oxime groups is 1. The standard InChI is InChI=1S/C27H33N3O2/c1-4-7-23(18-21(3)28)27(29-31)19-26(25-9-6-5-8-20(25)2)22-10-12-24(13-11-22)30-14-16-32-17-15-30/h4-13,18,26,31H,1,14-17,19,28H2,2-3H3/b21-18-,23-7+,29-27+/t26-/m1/s1. The number of aryl methyl sites for hydroxylation is 1. The first-order valence-electron chi connectivity index (χ1n) is 11.0. The molecule has 5 nitrogen and oxygen atoms in total. The van der Waals surface area contributed by atoms with Crippen LogP contribution in [0, 0.1) is 6.92 Å². The van der Waals surface area contributed by atoms with E-state index in [0.29, 0.717) is 17.8 Å². The van der Waals surface area contributed by atoms with E-state index in [2.05, 4.69) is 66.0 Å². The van der Waals surface area contributed by atoms with Crippen LogP contribution in [-0.2, 0) is 4.74 Å². The van der Waals surface area contributed by atoms with E-state index >= 15 is 0 Å². The Kier molecular flexibility index (Phi) is 8.28. The van der Waals surface area contributed by atoms with Crippen molar-refractivity contribution in [1.29, 1.82) is 0 Å². The van der Waals surface area contributed by atoms with Crippen LogP contribution in [0.2, 0.25) is 0 Å². The van der Waals surface area contributed by atoms with Gasteiger partial charge < -0.3 is 20.6 Å². The molecule has 3 rings (SSSR count). The van der Waals surface area contributed by atoms with Gasteiger partial charge in [0.15, 0.2) is 0 Å². The number of nitrogens with zero attached hydrogens (tertiary/aromatic N) is 2. The number of ether oxygens (including phenoxy) is 1. The predicted molar refractivity (Wildman–Crippen MR) is 133 cm³/mol. The van der Waals surface area contributed by atoms with Gasteiger partial charge in [0.2, 0.25) is 0 Å². The highest BCUT2D eigenvalue weighted by atomic mass is 16.5. The van der Waals surface area contributed by atoms with Crippen molar-refractivity contribution in [1.82, 2.24) is 0 Å². The molecule has 1 saturated heterocycles. The molecule has 1 atom stereocenters. The van der Waals surface area contributed by atoms with Gasteiger partial charge in [-0.25, -0.2) is 0 Å². The molecule has 1 fully saturated rings. The lowest BCUT2D eigenvalue weighted by atomic mass is 9.83. The summed E-state index contributed by atoms with van der Waals surface area (Å²) in [6.45, 7) is 11.1. The summed E-state index contributed by atoms with van der Waals surface area (Å²) in [5, 5.41) is 13.5.